The summed E-state index contributed by atoms with van der Waals surface area (Å²) in [5.74, 6) is 0.858. The van der Waals surface area contributed by atoms with Gasteiger partial charge >= 0.3 is 0 Å². The van der Waals surface area contributed by atoms with Gasteiger partial charge in [-0.3, -0.25) is 4.68 Å². The van der Waals surface area contributed by atoms with Gasteiger partial charge in [0.05, 0.1) is 18.5 Å². The number of hydrogen-bond acceptors (Lipinski definition) is 6. The van der Waals surface area contributed by atoms with E-state index >= 15 is 0 Å². The first-order chi connectivity index (χ1) is 8.11. The Morgan fingerprint density at radius 3 is 2.76 bits per heavy atom. The zero-order valence-corrected chi connectivity index (χ0v) is 9.93. The third-order valence-electron chi connectivity index (χ3n) is 2.31. The lowest BCUT2D eigenvalue weighted by molar-refractivity contribution is 0.399. The highest BCUT2D eigenvalue weighted by Gasteiger charge is 2.10. The van der Waals surface area contributed by atoms with E-state index in [9.17, 15) is 0 Å². The van der Waals surface area contributed by atoms with E-state index in [4.69, 9.17) is 10.5 Å². The summed E-state index contributed by atoms with van der Waals surface area (Å²) >= 11 is 0. The van der Waals surface area contributed by atoms with Crippen molar-refractivity contribution in [3.63, 3.8) is 0 Å². The summed E-state index contributed by atoms with van der Waals surface area (Å²) in [6.45, 7) is 1.90. The Labute approximate surface area is 98.6 Å². The summed E-state index contributed by atoms with van der Waals surface area (Å²) in [5.41, 5.74) is 7.94. The van der Waals surface area contributed by atoms with Crippen LogP contribution in [0.4, 0.5) is 17.2 Å². The SMILES string of the molecule is COc1ncnc(Nc2cn(C)nc2C)c1N. The molecule has 0 aliphatic heterocycles. The molecule has 0 amide bonds. The van der Waals surface area contributed by atoms with Crippen molar-refractivity contribution in [1.82, 2.24) is 19.7 Å². The summed E-state index contributed by atoms with van der Waals surface area (Å²) in [4.78, 5) is 7.98. The smallest absolute Gasteiger partial charge is 0.242 e. The lowest BCUT2D eigenvalue weighted by atomic mass is 10.4. The summed E-state index contributed by atoms with van der Waals surface area (Å²) in [6.07, 6.45) is 3.24. The summed E-state index contributed by atoms with van der Waals surface area (Å²) in [7, 11) is 3.36. The fourth-order valence-electron chi connectivity index (χ4n) is 1.49. The number of rotatable bonds is 3. The normalized spacial score (nSPS) is 10.3. The van der Waals surface area contributed by atoms with E-state index in [0.717, 1.165) is 11.4 Å². The molecule has 0 aromatic carbocycles. The van der Waals surface area contributed by atoms with Crippen LogP contribution >= 0.6 is 0 Å². The average molecular weight is 234 g/mol. The number of nitrogens with zero attached hydrogens (tertiary/aromatic N) is 4. The number of aryl methyl sites for hydroxylation is 2. The molecule has 0 fully saturated rings. The number of aromatic nitrogens is 4. The van der Waals surface area contributed by atoms with Crippen LogP contribution in [-0.4, -0.2) is 26.9 Å². The maximum atomic E-state index is 5.86. The first-order valence-corrected chi connectivity index (χ1v) is 5.03. The fourth-order valence-corrected chi connectivity index (χ4v) is 1.49. The van der Waals surface area contributed by atoms with Crippen LogP contribution in [0.3, 0.4) is 0 Å². The van der Waals surface area contributed by atoms with Crippen molar-refractivity contribution in [3.05, 3.63) is 18.2 Å². The Morgan fingerprint density at radius 2 is 2.18 bits per heavy atom. The molecular formula is C10H14N6O. The van der Waals surface area contributed by atoms with E-state index in [-0.39, 0.29) is 0 Å². The van der Waals surface area contributed by atoms with Crippen molar-refractivity contribution in [2.75, 3.05) is 18.2 Å². The van der Waals surface area contributed by atoms with Crippen molar-refractivity contribution in [3.8, 4) is 5.88 Å². The number of hydrogen-bond donors (Lipinski definition) is 2. The highest BCUT2D eigenvalue weighted by molar-refractivity contribution is 5.72. The van der Waals surface area contributed by atoms with Gasteiger partial charge in [0.25, 0.3) is 0 Å². The predicted octanol–water partition coefficient (Wildman–Crippen LogP) is 0.853. The van der Waals surface area contributed by atoms with Crippen molar-refractivity contribution in [1.29, 1.82) is 0 Å². The van der Waals surface area contributed by atoms with Gasteiger partial charge in [0, 0.05) is 13.2 Å². The van der Waals surface area contributed by atoms with Gasteiger partial charge in [0.1, 0.15) is 12.0 Å². The molecule has 3 N–H and O–H groups in total. The summed E-state index contributed by atoms with van der Waals surface area (Å²) in [5, 5.41) is 7.31. The number of nitrogens with one attached hydrogen (secondary N) is 1. The van der Waals surface area contributed by atoms with Crippen molar-refractivity contribution >= 4 is 17.2 Å². The molecule has 17 heavy (non-hydrogen) atoms. The molecular weight excluding hydrogens is 220 g/mol. The molecule has 0 saturated heterocycles. The lowest BCUT2D eigenvalue weighted by Crippen LogP contribution is -2.03. The second-order valence-electron chi connectivity index (χ2n) is 3.57. The molecule has 0 unspecified atom stereocenters. The largest absolute Gasteiger partial charge is 0.479 e. The Bertz CT molecular complexity index is 536. The van der Waals surface area contributed by atoms with E-state index in [1.54, 1.807) is 4.68 Å². The second-order valence-corrected chi connectivity index (χ2v) is 3.57. The van der Waals surface area contributed by atoms with E-state index in [1.165, 1.54) is 13.4 Å². The second kappa shape index (κ2) is 4.28. The van der Waals surface area contributed by atoms with E-state index in [0.29, 0.717) is 17.4 Å². The number of anilines is 3. The minimum atomic E-state index is 0.351. The van der Waals surface area contributed by atoms with Crippen molar-refractivity contribution in [2.24, 2.45) is 7.05 Å². The molecule has 0 bridgehead atoms. The average Bonchev–Trinajstić information content (AvgIpc) is 2.60. The van der Waals surface area contributed by atoms with Gasteiger partial charge in [-0.25, -0.2) is 4.98 Å². The van der Waals surface area contributed by atoms with Crippen molar-refractivity contribution in [2.45, 2.75) is 6.92 Å². The predicted molar refractivity (Wildman–Crippen MR) is 64.2 cm³/mol. The highest BCUT2D eigenvalue weighted by Crippen LogP contribution is 2.27. The quantitative estimate of drug-likeness (QED) is 0.818. The molecule has 0 spiro atoms. The fraction of sp³-hybridized carbons (Fsp3) is 0.300. The van der Waals surface area contributed by atoms with Gasteiger partial charge in [-0.05, 0) is 6.92 Å². The minimum absolute atomic E-state index is 0.351. The van der Waals surface area contributed by atoms with Gasteiger partial charge in [-0.1, -0.05) is 0 Å². The summed E-state index contributed by atoms with van der Waals surface area (Å²) in [6, 6.07) is 0. The van der Waals surface area contributed by atoms with Crippen LogP contribution in [0.2, 0.25) is 0 Å². The van der Waals surface area contributed by atoms with Crippen LogP contribution in [0.1, 0.15) is 5.69 Å². The number of nitrogen functional groups attached to an aromatic ring is 1. The molecule has 2 heterocycles. The molecule has 0 radical (unpaired) electrons. The number of ether oxygens (including phenoxy) is 1. The lowest BCUT2D eigenvalue weighted by Gasteiger charge is -2.08. The van der Waals surface area contributed by atoms with Crippen LogP contribution in [0.5, 0.6) is 5.88 Å². The number of methoxy groups -OCH3 is 1. The van der Waals surface area contributed by atoms with Gasteiger partial charge in [-0.2, -0.15) is 10.1 Å². The molecule has 0 aliphatic carbocycles. The molecule has 2 aromatic heterocycles. The molecule has 7 heteroatoms. The van der Waals surface area contributed by atoms with Gasteiger partial charge in [-0.15, -0.1) is 0 Å². The van der Waals surface area contributed by atoms with Crippen molar-refractivity contribution < 1.29 is 4.74 Å². The van der Waals surface area contributed by atoms with Crippen LogP contribution < -0.4 is 15.8 Å². The van der Waals surface area contributed by atoms with E-state index in [1.807, 2.05) is 20.2 Å². The molecule has 7 nitrogen and oxygen atoms in total. The molecule has 0 saturated carbocycles. The third kappa shape index (κ3) is 2.12. The van der Waals surface area contributed by atoms with Gasteiger partial charge in [0.15, 0.2) is 5.82 Å². The monoisotopic (exact) mass is 234 g/mol. The van der Waals surface area contributed by atoms with Gasteiger partial charge < -0.3 is 15.8 Å². The first kappa shape index (κ1) is 11.2. The van der Waals surface area contributed by atoms with E-state index in [2.05, 4.69) is 20.4 Å². The molecule has 2 aromatic rings. The first-order valence-electron chi connectivity index (χ1n) is 5.03. The van der Waals surface area contributed by atoms with Crippen LogP contribution in [0, 0.1) is 6.92 Å². The van der Waals surface area contributed by atoms with Gasteiger partial charge in [0.2, 0.25) is 5.88 Å². The Morgan fingerprint density at radius 1 is 1.41 bits per heavy atom. The number of nitrogens with two attached hydrogens (primary N) is 1. The minimum Gasteiger partial charge on any atom is -0.479 e. The Kier molecular flexibility index (Phi) is 2.82. The summed E-state index contributed by atoms with van der Waals surface area (Å²) < 4.78 is 6.74. The zero-order valence-electron chi connectivity index (χ0n) is 9.93. The van der Waals surface area contributed by atoms with Crippen LogP contribution in [0.15, 0.2) is 12.5 Å². The maximum absolute atomic E-state index is 5.86. The highest BCUT2D eigenvalue weighted by atomic mass is 16.5. The van der Waals surface area contributed by atoms with Crippen LogP contribution in [-0.2, 0) is 7.05 Å². The van der Waals surface area contributed by atoms with Crippen LogP contribution in [0.25, 0.3) is 0 Å². The third-order valence-corrected chi connectivity index (χ3v) is 2.31. The molecule has 0 aliphatic rings. The molecule has 2 rings (SSSR count). The zero-order chi connectivity index (χ0) is 12.4. The molecule has 90 valence electrons. The Balaban J connectivity index is 2.33. The Hall–Kier alpha value is -2.31. The topological polar surface area (TPSA) is 90.9 Å². The standard InChI is InChI=1S/C10H14N6O/c1-6-7(4-16(2)15-6)14-9-8(11)10(17-3)13-5-12-9/h4-5H,11H2,1-3H3,(H,12,13,14). The molecule has 0 atom stereocenters. The maximum Gasteiger partial charge on any atom is 0.242 e. The van der Waals surface area contributed by atoms with E-state index < -0.39 is 0 Å².